The van der Waals surface area contributed by atoms with Gasteiger partial charge in [0.2, 0.25) is 0 Å². The molecule has 0 saturated carbocycles. The topological polar surface area (TPSA) is 43.6 Å². The Morgan fingerprint density at radius 2 is 2.35 bits per heavy atom. The number of hydrogen-bond acceptors (Lipinski definition) is 4. The Morgan fingerprint density at radius 1 is 1.50 bits per heavy atom. The minimum Gasteiger partial charge on any atom is -0.486 e. The maximum Gasteiger partial charge on any atom is 0.193 e. The number of benzene rings is 1. The second-order valence-electron chi connectivity index (χ2n) is 4.31. The maximum absolute atomic E-state index is 11.6. The molecule has 0 aliphatic heterocycles. The number of rotatable bonds is 4. The molecule has 2 aromatic heterocycles. The monoisotopic (exact) mass is 350 g/mol. The minimum atomic E-state index is -0.0212. The van der Waals surface area contributed by atoms with Gasteiger partial charge in [0, 0.05) is 22.2 Å². The third-order valence-corrected chi connectivity index (χ3v) is 4.10. The quantitative estimate of drug-likeness (QED) is 0.669. The predicted molar refractivity (Wildman–Crippen MR) is 81.5 cm³/mol. The van der Waals surface area contributed by atoms with Crippen LogP contribution < -0.4 is 4.74 Å². The third-order valence-electron chi connectivity index (χ3n) is 2.84. The Bertz CT molecular complexity index is 750. The van der Waals surface area contributed by atoms with E-state index in [-0.39, 0.29) is 5.78 Å². The first kappa shape index (κ1) is 13.3. The molecule has 3 aromatic rings. The molecule has 0 radical (unpaired) electrons. The van der Waals surface area contributed by atoms with Gasteiger partial charge in [-0.3, -0.25) is 9.20 Å². The largest absolute Gasteiger partial charge is 0.486 e. The molecule has 0 atom stereocenters. The molecule has 102 valence electrons. The van der Waals surface area contributed by atoms with E-state index >= 15 is 0 Å². The van der Waals surface area contributed by atoms with Gasteiger partial charge in [-0.25, -0.2) is 4.98 Å². The predicted octanol–water partition coefficient (Wildman–Crippen LogP) is 3.94. The summed E-state index contributed by atoms with van der Waals surface area (Å²) in [6, 6.07) is 5.41. The van der Waals surface area contributed by atoms with Crippen molar-refractivity contribution in [3.63, 3.8) is 0 Å². The average molecular weight is 351 g/mol. The summed E-state index contributed by atoms with van der Waals surface area (Å²) in [7, 11) is 0. The van der Waals surface area contributed by atoms with E-state index in [9.17, 15) is 4.79 Å². The van der Waals surface area contributed by atoms with E-state index in [2.05, 4.69) is 20.9 Å². The number of ketones is 1. The van der Waals surface area contributed by atoms with Gasteiger partial charge in [0.05, 0.1) is 11.3 Å². The van der Waals surface area contributed by atoms with Crippen molar-refractivity contribution < 1.29 is 9.53 Å². The van der Waals surface area contributed by atoms with Crippen molar-refractivity contribution in [3.05, 3.63) is 51.7 Å². The van der Waals surface area contributed by atoms with Gasteiger partial charge in [-0.15, -0.1) is 11.3 Å². The number of Topliss-reactive ketones (excluding diaryl/α,β-unsaturated/α-hetero) is 1. The van der Waals surface area contributed by atoms with Crippen LogP contribution in [0.1, 0.15) is 23.0 Å². The molecule has 0 aliphatic rings. The molecule has 1 aromatic carbocycles. The number of halogens is 1. The molecule has 0 spiro atoms. The molecule has 0 aliphatic carbocycles. The highest BCUT2D eigenvalue weighted by atomic mass is 79.9. The normalized spacial score (nSPS) is 10.9. The van der Waals surface area contributed by atoms with Crippen molar-refractivity contribution in [1.82, 2.24) is 9.38 Å². The molecule has 0 unspecified atom stereocenters. The molecule has 20 heavy (non-hydrogen) atoms. The Hall–Kier alpha value is -1.66. The van der Waals surface area contributed by atoms with Crippen molar-refractivity contribution in [2.45, 2.75) is 13.5 Å². The van der Waals surface area contributed by atoms with Gasteiger partial charge >= 0.3 is 0 Å². The highest BCUT2D eigenvalue weighted by Crippen LogP contribution is 2.24. The van der Waals surface area contributed by atoms with Crippen LogP contribution in [0.2, 0.25) is 0 Å². The first-order chi connectivity index (χ1) is 9.63. The number of carbonyl (C=O) groups is 1. The van der Waals surface area contributed by atoms with Crippen molar-refractivity contribution >= 4 is 38.0 Å². The molecule has 0 bridgehead atoms. The molecule has 3 rings (SSSR count). The fourth-order valence-corrected chi connectivity index (χ4v) is 2.98. The minimum absolute atomic E-state index is 0.0212. The highest BCUT2D eigenvalue weighted by Gasteiger charge is 2.10. The number of thiazole rings is 1. The first-order valence-electron chi connectivity index (χ1n) is 5.98. The van der Waals surface area contributed by atoms with E-state index in [0.717, 1.165) is 15.1 Å². The van der Waals surface area contributed by atoms with Crippen molar-refractivity contribution in [2.24, 2.45) is 0 Å². The molecule has 4 nitrogen and oxygen atoms in total. The van der Waals surface area contributed by atoms with Crippen molar-refractivity contribution in [3.8, 4) is 5.75 Å². The average Bonchev–Trinajstić information content (AvgIpc) is 2.97. The summed E-state index contributed by atoms with van der Waals surface area (Å²) in [5.41, 5.74) is 1.41. The molecule has 2 heterocycles. The standard InChI is InChI=1S/C14H11BrN2O2S/c1-9(18)12-6-10(15)2-3-13(12)19-8-11-7-17-4-5-20-14(17)16-11/h2-7H,8H2,1H3. The number of fused-ring (bicyclic) bond motifs is 1. The van der Waals surface area contributed by atoms with Gasteiger partial charge < -0.3 is 4.74 Å². The van der Waals surface area contributed by atoms with Gasteiger partial charge in [-0.2, -0.15) is 0 Å². The Morgan fingerprint density at radius 3 is 3.10 bits per heavy atom. The fraction of sp³-hybridized carbons (Fsp3) is 0.143. The Balaban J connectivity index is 1.81. The number of imidazole rings is 1. The Kier molecular flexibility index (Phi) is 3.58. The zero-order valence-electron chi connectivity index (χ0n) is 10.7. The molecule has 6 heteroatoms. The van der Waals surface area contributed by atoms with Gasteiger partial charge in [0.25, 0.3) is 0 Å². The van der Waals surface area contributed by atoms with E-state index in [1.165, 1.54) is 6.92 Å². The van der Waals surface area contributed by atoms with Crippen molar-refractivity contribution in [1.29, 1.82) is 0 Å². The van der Waals surface area contributed by atoms with Gasteiger partial charge in [0.1, 0.15) is 12.4 Å². The lowest BCUT2D eigenvalue weighted by Gasteiger charge is -2.08. The summed E-state index contributed by atoms with van der Waals surface area (Å²) in [6.07, 6.45) is 3.88. The smallest absolute Gasteiger partial charge is 0.193 e. The zero-order valence-corrected chi connectivity index (χ0v) is 13.1. The highest BCUT2D eigenvalue weighted by molar-refractivity contribution is 9.10. The number of aromatic nitrogens is 2. The van der Waals surface area contributed by atoms with Crippen LogP contribution in [0.3, 0.4) is 0 Å². The van der Waals surface area contributed by atoms with Gasteiger partial charge in [0.15, 0.2) is 10.7 Å². The van der Waals surface area contributed by atoms with Gasteiger partial charge in [-0.05, 0) is 25.1 Å². The molecule has 0 N–H and O–H groups in total. The lowest BCUT2D eigenvalue weighted by atomic mass is 10.1. The lowest BCUT2D eigenvalue weighted by Crippen LogP contribution is -2.02. The zero-order chi connectivity index (χ0) is 14.1. The summed E-state index contributed by atoms with van der Waals surface area (Å²) in [5, 5.41) is 1.98. The van der Waals surface area contributed by atoms with E-state index in [4.69, 9.17) is 4.74 Å². The molecular formula is C14H11BrN2O2S. The van der Waals surface area contributed by atoms with Crippen LogP contribution in [0.25, 0.3) is 4.96 Å². The molecular weight excluding hydrogens is 340 g/mol. The van der Waals surface area contributed by atoms with Crippen LogP contribution in [0.4, 0.5) is 0 Å². The van der Waals surface area contributed by atoms with E-state index in [0.29, 0.717) is 17.9 Å². The molecule has 0 saturated heterocycles. The molecule has 0 amide bonds. The second-order valence-corrected chi connectivity index (χ2v) is 6.10. The van der Waals surface area contributed by atoms with Gasteiger partial charge in [-0.1, -0.05) is 15.9 Å². The van der Waals surface area contributed by atoms with E-state index in [1.807, 2.05) is 28.2 Å². The maximum atomic E-state index is 11.6. The summed E-state index contributed by atoms with van der Waals surface area (Å²) < 4.78 is 8.54. The van der Waals surface area contributed by atoms with Crippen LogP contribution in [0.5, 0.6) is 5.75 Å². The molecule has 0 fully saturated rings. The van der Waals surface area contributed by atoms with E-state index in [1.54, 1.807) is 23.5 Å². The second kappa shape index (κ2) is 5.38. The van der Waals surface area contributed by atoms with Crippen molar-refractivity contribution in [2.75, 3.05) is 0 Å². The first-order valence-corrected chi connectivity index (χ1v) is 7.65. The number of nitrogens with zero attached hydrogens (tertiary/aromatic N) is 2. The van der Waals surface area contributed by atoms with Crippen LogP contribution in [0, 0.1) is 0 Å². The van der Waals surface area contributed by atoms with E-state index < -0.39 is 0 Å². The number of ether oxygens (including phenoxy) is 1. The summed E-state index contributed by atoms with van der Waals surface area (Å²) >= 11 is 4.93. The number of hydrogen-bond donors (Lipinski definition) is 0. The summed E-state index contributed by atoms with van der Waals surface area (Å²) in [4.78, 5) is 17.0. The Labute approximate surface area is 128 Å². The number of carbonyl (C=O) groups excluding carboxylic acids is 1. The summed E-state index contributed by atoms with van der Waals surface area (Å²) in [6.45, 7) is 1.87. The SMILES string of the molecule is CC(=O)c1cc(Br)ccc1OCc1cn2ccsc2n1. The lowest BCUT2D eigenvalue weighted by molar-refractivity contribution is 0.101. The fourth-order valence-electron chi connectivity index (χ4n) is 1.90. The van der Waals surface area contributed by atoms with Crippen LogP contribution >= 0.6 is 27.3 Å². The van der Waals surface area contributed by atoms with Crippen LogP contribution in [-0.4, -0.2) is 15.2 Å². The van der Waals surface area contributed by atoms with Crippen LogP contribution in [-0.2, 0) is 6.61 Å². The third kappa shape index (κ3) is 2.62. The summed E-state index contributed by atoms with van der Waals surface area (Å²) in [5.74, 6) is 0.559. The van der Waals surface area contributed by atoms with Crippen LogP contribution in [0.15, 0.2) is 40.4 Å².